The minimum atomic E-state index is -0.633. The van der Waals surface area contributed by atoms with Crippen LogP contribution in [0.2, 0.25) is 0 Å². The van der Waals surface area contributed by atoms with Crippen molar-refractivity contribution in [2.75, 3.05) is 0 Å². The van der Waals surface area contributed by atoms with Gasteiger partial charge in [0, 0.05) is 6.42 Å². The van der Waals surface area contributed by atoms with Crippen molar-refractivity contribution in [1.29, 1.82) is 0 Å². The number of hydrogen-bond acceptors (Lipinski definition) is 2. The normalized spacial score (nSPS) is 12.2. The van der Waals surface area contributed by atoms with Gasteiger partial charge in [-0.3, -0.25) is 0 Å². The van der Waals surface area contributed by atoms with Gasteiger partial charge in [0.15, 0.2) is 0 Å². The molecule has 0 spiro atoms. The Bertz CT molecular complexity index is 541. The number of nitrogens with zero attached hydrogens (tertiary/aromatic N) is 2. The fourth-order valence-corrected chi connectivity index (χ4v) is 2.48. The van der Waals surface area contributed by atoms with Gasteiger partial charge in [0.2, 0.25) is 0 Å². The standard InChI is InChI=1S/C16H24N2O/c1-4-9-15-17-13-10-7-8-11-14(13)18(15)12-16(19,5-2)6-3/h7-8,10-11,19H,4-6,9,12H2,1-3H3. The monoisotopic (exact) mass is 260 g/mol. The molecule has 1 N–H and O–H groups in total. The molecule has 0 fully saturated rings. The summed E-state index contributed by atoms with van der Waals surface area (Å²) < 4.78 is 2.20. The Morgan fingerprint density at radius 1 is 1.16 bits per heavy atom. The summed E-state index contributed by atoms with van der Waals surface area (Å²) in [7, 11) is 0. The fraction of sp³-hybridized carbons (Fsp3) is 0.562. The molecule has 0 aliphatic heterocycles. The second-order valence-electron chi connectivity index (χ2n) is 5.28. The average Bonchev–Trinajstić information content (AvgIpc) is 2.77. The van der Waals surface area contributed by atoms with E-state index in [4.69, 9.17) is 4.98 Å². The first-order chi connectivity index (χ1) is 9.13. The van der Waals surface area contributed by atoms with Gasteiger partial charge in [0.05, 0.1) is 23.2 Å². The van der Waals surface area contributed by atoms with Gasteiger partial charge in [0.1, 0.15) is 5.82 Å². The van der Waals surface area contributed by atoms with E-state index < -0.39 is 5.60 Å². The Morgan fingerprint density at radius 3 is 2.47 bits per heavy atom. The van der Waals surface area contributed by atoms with Crippen molar-refractivity contribution in [3.63, 3.8) is 0 Å². The molecule has 0 saturated heterocycles. The van der Waals surface area contributed by atoms with Crippen molar-refractivity contribution in [2.45, 2.75) is 58.6 Å². The Labute approximate surface area is 115 Å². The van der Waals surface area contributed by atoms with Crippen LogP contribution in [0, 0.1) is 0 Å². The minimum Gasteiger partial charge on any atom is -0.388 e. The number of rotatable bonds is 6. The van der Waals surface area contributed by atoms with Gasteiger partial charge in [-0.1, -0.05) is 32.9 Å². The molecule has 19 heavy (non-hydrogen) atoms. The molecule has 3 heteroatoms. The summed E-state index contributed by atoms with van der Waals surface area (Å²) in [6.07, 6.45) is 3.56. The van der Waals surface area contributed by atoms with E-state index in [0.29, 0.717) is 6.54 Å². The van der Waals surface area contributed by atoms with Gasteiger partial charge in [-0.25, -0.2) is 4.98 Å². The smallest absolute Gasteiger partial charge is 0.109 e. The molecule has 2 rings (SSSR count). The maximum atomic E-state index is 10.6. The molecule has 1 aromatic heterocycles. The highest BCUT2D eigenvalue weighted by atomic mass is 16.3. The molecule has 0 bridgehead atoms. The van der Waals surface area contributed by atoms with Gasteiger partial charge < -0.3 is 9.67 Å². The second kappa shape index (κ2) is 5.74. The number of aliphatic hydroxyl groups is 1. The van der Waals surface area contributed by atoms with Gasteiger partial charge in [-0.15, -0.1) is 0 Å². The fourth-order valence-electron chi connectivity index (χ4n) is 2.48. The van der Waals surface area contributed by atoms with Crippen molar-refractivity contribution in [2.24, 2.45) is 0 Å². The Hall–Kier alpha value is -1.35. The van der Waals surface area contributed by atoms with E-state index in [1.807, 2.05) is 32.0 Å². The van der Waals surface area contributed by atoms with E-state index in [9.17, 15) is 5.11 Å². The van der Waals surface area contributed by atoms with Crippen LogP contribution in [0.25, 0.3) is 11.0 Å². The summed E-state index contributed by atoms with van der Waals surface area (Å²) in [6, 6.07) is 8.18. The first-order valence-electron chi connectivity index (χ1n) is 7.30. The van der Waals surface area contributed by atoms with E-state index in [1.54, 1.807) is 0 Å². The van der Waals surface area contributed by atoms with Crippen molar-refractivity contribution in [3.05, 3.63) is 30.1 Å². The predicted molar refractivity (Wildman–Crippen MR) is 79.3 cm³/mol. The van der Waals surface area contributed by atoms with Crippen molar-refractivity contribution < 1.29 is 5.11 Å². The van der Waals surface area contributed by atoms with E-state index in [1.165, 1.54) is 0 Å². The molecule has 0 radical (unpaired) electrons. The van der Waals surface area contributed by atoms with Crippen LogP contribution in [0.5, 0.6) is 0 Å². The van der Waals surface area contributed by atoms with Gasteiger partial charge in [0.25, 0.3) is 0 Å². The molecule has 1 aromatic carbocycles. The van der Waals surface area contributed by atoms with Crippen LogP contribution < -0.4 is 0 Å². The first kappa shape index (κ1) is 14.1. The molecule has 1 heterocycles. The lowest BCUT2D eigenvalue weighted by Gasteiger charge is -2.27. The number of para-hydroxylation sites is 2. The van der Waals surface area contributed by atoms with Crippen LogP contribution in [0.3, 0.4) is 0 Å². The topological polar surface area (TPSA) is 38.0 Å². The van der Waals surface area contributed by atoms with Crippen molar-refractivity contribution in [1.82, 2.24) is 9.55 Å². The van der Waals surface area contributed by atoms with E-state index in [-0.39, 0.29) is 0 Å². The third-order valence-electron chi connectivity index (χ3n) is 3.98. The molecule has 0 aliphatic rings. The summed E-state index contributed by atoms with van der Waals surface area (Å²) in [5, 5.41) is 10.6. The zero-order valence-corrected chi connectivity index (χ0v) is 12.2. The average molecular weight is 260 g/mol. The highest BCUT2D eigenvalue weighted by Crippen LogP contribution is 2.23. The molecule has 104 valence electrons. The lowest BCUT2D eigenvalue weighted by Crippen LogP contribution is -2.33. The largest absolute Gasteiger partial charge is 0.388 e. The summed E-state index contributed by atoms with van der Waals surface area (Å²) in [5.41, 5.74) is 1.53. The lowest BCUT2D eigenvalue weighted by molar-refractivity contribution is 0.0154. The SMILES string of the molecule is CCCc1nc2ccccc2n1CC(O)(CC)CC. The third kappa shape index (κ3) is 2.81. The zero-order chi connectivity index (χ0) is 13.9. The summed E-state index contributed by atoms with van der Waals surface area (Å²) in [6.45, 7) is 6.88. The zero-order valence-electron chi connectivity index (χ0n) is 12.2. The molecule has 0 saturated carbocycles. The lowest BCUT2D eigenvalue weighted by atomic mass is 9.97. The number of fused-ring (bicyclic) bond motifs is 1. The van der Waals surface area contributed by atoms with Crippen LogP contribution in [0.15, 0.2) is 24.3 Å². The summed E-state index contributed by atoms with van der Waals surface area (Å²) in [4.78, 5) is 4.71. The molecular formula is C16H24N2O. The van der Waals surface area contributed by atoms with E-state index in [0.717, 1.165) is 42.5 Å². The number of aromatic nitrogens is 2. The van der Waals surface area contributed by atoms with Crippen LogP contribution >= 0.6 is 0 Å². The van der Waals surface area contributed by atoms with E-state index in [2.05, 4.69) is 17.6 Å². The van der Waals surface area contributed by atoms with Crippen molar-refractivity contribution >= 4 is 11.0 Å². The molecule has 0 atom stereocenters. The minimum absolute atomic E-state index is 0.633. The Morgan fingerprint density at radius 2 is 1.84 bits per heavy atom. The highest BCUT2D eigenvalue weighted by Gasteiger charge is 2.25. The third-order valence-corrected chi connectivity index (χ3v) is 3.98. The summed E-state index contributed by atoms with van der Waals surface area (Å²) >= 11 is 0. The maximum Gasteiger partial charge on any atom is 0.109 e. The molecular weight excluding hydrogens is 236 g/mol. The highest BCUT2D eigenvalue weighted by molar-refractivity contribution is 5.75. The maximum absolute atomic E-state index is 10.6. The predicted octanol–water partition coefficient (Wildman–Crippen LogP) is 3.54. The number of benzene rings is 1. The van der Waals surface area contributed by atoms with Gasteiger partial charge in [-0.05, 0) is 31.4 Å². The Kier molecular flexibility index (Phi) is 4.25. The molecule has 3 nitrogen and oxygen atoms in total. The number of hydrogen-bond donors (Lipinski definition) is 1. The van der Waals surface area contributed by atoms with Crippen LogP contribution in [-0.4, -0.2) is 20.3 Å². The number of aryl methyl sites for hydroxylation is 1. The Balaban J connectivity index is 2.47. The van der Waals surface area contributed by atoms with E-state index >= 15 is 0 Å². The molecule has 2 aromatic rings. The van der Waals surface area contributed by atoms with Gasteiger partial charge >= 0.3 is 0 Å². The quantitative estimate of drug-likeness (QED) is 0.862. The van der Waals surface area contributed by atoms with Crippen LogP contribution in [-0.2, 0) is 13.0 Å². The van der Waals surface area contributed by atoms with Crippen molar-refractivity contribution in [3.8, 4) is 0 Å². The van der Waals surface area contributed by atoms with Crippen LogP contribution in [0.4, 0.5) is 0 Å². The molecule has 0 unspecified atom stereocenters. The molecule has 0 amide bonds. The second-order valence-corrected chi connectivity index (χ2v) is 5.28. The summed E-state index contributed by atoms with van der Waals surface area (Å²) in [5.74, 6) is 1.09. The van der Waals surface area contributed by atoms with Crippen LogP contribution in [0.1, 0.15) is 45.9 Å². The molecule has 0 aliphatic carbocycles. The first-order valence-corrected chi connectivity index (χ1v) is 7.30. The van der Waals surface area contributed by atoms with Gasteiger partial charge in [-0.2, -0.15) is 0 Å². The number of imidazole rings is 1.